The molecule has 4 heteroatoms. The molecular weight excluding hydrogens is 290 g/mol. The third kappa shape index (κ3) is 2.86. The van der Waals surface area contributed by atoms with Crippen molar-refractivity contribution in [2.75, 3.05) is 18.0 Å². The smallest absolute Gasteiger partial charge is 0.122 e. The van der Waals surface area contributed by atoms with Crippen molar-refractivity contribution in [1.82, 2.24) is 0 Å². The third-order valence-corrected chi connectivity index (χ3v) is 4.22. The van der Waals surface area contributed by atoms with Gasteiger partial charge in [0.05, 0.1) is 5.69 Å². The molecule has 1 aliphatic heterocycles. The minimum absolute atomic E-state index is 0.118. The van der Waals surface area contributed by atoms with Gasteiger partial charge in [-0.15, -0.1) is 0 Å². The molecule has 1 saturated heterocycles. The first-order valence-corrected chi connectivity index (χ1v) is 7.30. The van der Waals surface area contributed by atoms with E-state index in [1.807, 2.05) is 12.1 Å². The molecule has 1 aromatic rings. The van der Waals surface area contributed by atoms with Crippen molar-refractivity contribution in [3.63, 3.8) is 0 Å². The summed E-state index contributed by atoms with van der Waals surface area (Å²) in [4.78, 5) is 2.42. The van der Waals surface area contributed by atoms with Gasteiger partial charge in [-0.05, 0) is 52.9 Å². The van der Waals surface area contributed by atoms with Gasteiger partial charge in [0.15, 0.2) is 0 Å². The Kier molecular flexibility index (Phi) is 4.27. The average Bonchev–Trinajstić information content (AvgIpc) is 2.77. The molecule has 0 spiro atoms. The van der Waals surface area contributed by atoms with Crippen LogP contribution >= 0.6 is 15.9 Å². The highest BCUT2D eigenvalue weighted by Crippen LogP contribution is 2.32. The molecule has 1 fully saturated rings. The fourth-order valence-electron chi connectivity index (χ4n) is 2.63. The Hall–Kier alpha value is -1.03. The molecule has 3 N–H and O–H groups in total. The van der Waals surface area contributed by atoms with Crippen LogP contribution in [0.2, 0.25) is 0 Å². The zero-order valence-electron chi connectivity index (χ0n) is 10.7. The van der Waals surface area contributed by atoms with Gasteiger partial charge in [-0.3, -0.25) is 5.41 Å². The van der Waals surface area contributed by atoms with Gasteiger partial charge >= 0.3 is 0 Å². The van der Waals surface area contributed by atoms with Crippen molar-refractivity contribution in [1.29, 1.82) is 5.41 Å². The van der Waals surface area contributed by atoms with Crippen LogP contribution in [0.3, 0.4) is 0 Å². The van der Waals surface area contributed by atoms with E-state index in [0.29, 0.717) is 0 Å². The monoisotopic (exact) mass is 309 g/mol. The summed E-state index contributed by atoms with van der Waals surface area (Å²) in [5.41, 5.74) is 7.49. The first-order valence-electron chi connectivity index (χ1n) is 6.50. The number of nitrogens with two attached hydrogens (primary N) is 1. The summed E-state index contributed by atoms with van der Waals surface area (Å²) in [5.74, 6) is 0.946. The van der Waals surface area contributed by atoms with Crippen LogP contribution in [0.1, 0.15) is 31.7 Å². The summed E-state index contributed by atoms with van der Waals surface area (Å²) in [6.45, 7) is 4.52. The van der Waals surface area contributed by atoms with Crippen molar-refractivity contribution >= 4 is 27.5 Å². The molecule has 2 rings (SSSR count). The summed E-state index contributed by atoms with van der Waals surface area (Å²) >= 11 is 3.59. The molecular formula is C14H20BrN3. The predicted octanol–water partition coefficient (Wildman–Crippen LogP) is 3.36. The van der Waals surface area contributed by atoms with Gasteiger partial charge in [0.1, 0.15) is 5.84 Å². The van der Waals surface area contributed by atoms with Crippen molar-refractivity contribution in [2.24, 2.45) is 11.7 Å². The van der Waals surface area contributed by atoms with Crippen LogP contribution in [-0.2, 0) is 0 Å². The fraction of sp³-hybridized carbons (Fsp3) is 0.500. The Morgan fingerprint density at radius 1 is 1.56 bits per heavy atom. The van der Waals surface area contributed by atoms with Gasteiger partial charge in [-0.2, -0.15) is 0 Å². The second-order valence-corrected chi connectivity index (χ2v) is 5.82. The van der Waals surface area contributed by atoms with Crippen LogP contribution in [0.25, 0.3) is 0 Å². The van der Waals surface area contributed by atoms with Gasteiger partial charge < -0.3 is 10.6 Å². The fourth-order valence-corrected chi connectivity index (χ4v) is 3.26. The molecule has 1 aliphatic rings. The Labute approximate surface area is 117 Å². The van der Waals surface area contributed by atoms with Crippen molar-refractivity contribution in [2.45, 2.75) is 26.2 Å². The number of hydrogen-bond donors (Lipinski definition) is 2. The zero-order valence-corrected chi connectivity index (χ0v) is 12.3. The highest BCUT2D eigenvalue weighted by molar-refractivity contribution is 9.10. The lowest BCUT2D eigenvalue weighted by Gasteiger charge is -2.20. The van der Waals surface area contributed by atoms with E-state index in [4.69, 9.17) is 11.1 Å². The lowest BCUT2D eigenvalue weighted by atomic mass is 10.0. The van der Waals surface area contributed by atoms with Crippen LogP contribution in [0.4, 0.5) is 5.69 Å². The van der Waals surface area contributed by atoms with E-state index in [1.165, 1.54) is 24.9 Å². The lowest BCUT2D eigenvalue weighted by Crippen LogP contribution is -2.20. The molecule has 3 nitrogen and oxygen atoms in total. The highest BCUT2D eigenvalue weighted by atomic mass is 79.9. The molecule has 98 valence electrons. The number of rotatable bonds is 4. The Morgan fingerprint density at radius 2 is 2.33 bits per heavy atom. The normalized spacial score (nSPS) is 19.2. The molecule has 0 aromatic heterocycles. The van der Waals surface area contributed by atoms with Crippen LogP contribution in [0.15, 0.2) is 22.7 Å². The zero-order chi connectivity index (χ0) is 13.1. The maximum Gasteiger partial charge on any atom is 0.122 e. The van der Waals surface area contributed by atoms with E-state index in [0.717, 1.165) is 29.0 Å². The van der Waals surface area contributed by atoms with E-state index in [2.05, 4.69) is 33.8 Å². The van der Waals surface area contributed by atoms with E-state index < -0.39 is 0 Å². The summed E-state index contributed by atoms with van der Waals surface area (Å²) in [7, 11) is 0. The largest absolute Gasteiger partial charge is 0.384 e. The van der Waals surface area contributed by atoms with Gasteiger partial charge in [0.2, 0.25) is 0 Å². The van der Waals surface area contributed by atoms with Crippen LogP contribution in [0.5, 0.6) is 0 Å². The van der Waals surface area contributed by atoms with E-state index in [-0.39, 0.29) is 5.84 Å². The first-order chi connectivity index (χ1) is 8.61. The molecule has 0 radical (unpaired) electrons. The number of benzene rings is 1. The summed E-state index contributed by atoms with van der Waals surface area (Å²) in [5, 5.41) is 7.44. The van der Waals surface area contributed by atoms with E-state index in [9.17, 15) is 0 Å². The number of halogens is 1. The van der Waals surface area contributed by atoms with Gasteiger partial charge in [0.25, 0.3) is 0 Å². The van der Waals surface area contributed by atoms with E-state index >= 15 is 0 Å². The topological polar surface area (TPSA) is 53.1 Å². The van der Waals surface area contributed by atoms with Crippen LogP contribution in [0, 0.1) is 11.3 Å². The van der Waals surface area contributed by atoms with Crippen molar-refractivity contribution in [3.8, 4) is 0 Å². The second-order valence-electron chi connectivity index (χ2n) is 4.97. The Balaban J connectivity index is 2.12. The van der Waals surface area contributed by atoms with E-state index in [1.54, 1.807) is 0 Å². The number of amidine groups is 1. The number of nitrogen functional groups attached to an aromatic ring is 1. The summed E-state index contributed by atoms with van der Waals surface area (Å²) in [6, 6.07) is 5.93. The summed E-state index contributed by atoms with van der Waals surface area (Å²) < 4.78 is 1.03. The maximum atomic E-state index is 7.44. The van der Waals surface area contributed by atoms with Crippen LogP contribution < -0.4 is 10.6 Å². The number of nitrogens with zero attached hydrogens (tertiary/aromatic N) is 1. The molecule has 0 aliphatic carbocycles. The van der Waals surface area contributed by atoms with Crippen molar-refractivity contribution < 1.29 is 0 Å². The average molecular weight is 310 g/mol. The minimum Gasteiger partial charge on any atom is -0.384 e. The highest BCUT2D eigenvalue weighted by Gasteiger charge is 2.23. The quantitative estimate of drug-likeness (QED) is 0.662. The molecule has 1 heterocycles. The minimum atomic E-state index is 0.118. The molecule has 0 bridgehead atoms. The molecule has 0 amide bonds. The van der Waals surface area contributed by atoms with Crippen LogP contribution in [-0.4, -0.2) is 18.9 Å². The molecule has 18 heavy (non-hydrogen) atoms. The van der Waals surface area contributed by atoms with Gasteiger partial charge in [-0.1, -0.05) is 13.3 Å². The standard InChI is InChI=1S/C14H20BrN3/c1-2-3-10-6-7-18(9-10)13-5-4-11(14(16)17)8-12(13)15/h4-5,8,10H,2-3,6-7,9H2,1H3,(H3,16,17). The molecule has 1 atom stereocenters. The molecule has 1 aromatic carbocycles. The van der Waals surface area contributed by atoms with Gasteiger partial charge in [-0.25, -0.2) is 0 Å². The first kappa shape index (κ1) is 13.4. The maximum absolute atomic E-state index is 7.44. The molecule has 0 saturated carbocycles. The predicted molar refractivity (Wildman–Crippen MR) is 80.4 cm³/mol. The third-order valence-electron chi connectivity index (χ3n) is 3.58. The lowest BCUT2D eigenvalue weighted by molar-refractivity contribution is 0.530. The SMILES string of the molecule is CCCC1CCN(c2ccc(C(=N)N)cc2Br)C1. The second kappa shape index (κ2) is 5.74. The number of hydrogen-bond acceptors (Lipinski definition) is 2. The summed E-state index contributed by atoms with van der Waals surface area (Å²) in [6.07, 6.45) is 3.87. The number of nitrogens with one attached hydrogen (secondary N) is 1. The Bertz CT molecular complexity index is 445. The number of anilines is 1. The van der Waals surface area contributed by atoms with Crippen molar-refractivity contribution in [3.05, 3.63) is 28.2 Å². The molecule has 1 unspecified atom stereocenters. The Morgan fingerprint density at radius 3 is 2.94 bits per heavy atom. The van der Waals surface area contributed by atoms with Gasteiger partial charge in [0, 0.05) is 23.1 Å².